The predicted octanol–water partition coefficient (Wildman–Crippen LogP) is 1.30. The van der Waals surface area contributed by atoms with Crippen LogP contribution in [0.15, 0.2) is 0 Å². The van der Waals surface area contributed by atoms with Gasteiger partial charge in [-0.25, -0.2) is 0 Å². The van der Waals surface area contributed by atoms with E-state index in [1.54, 1.807) is 13.8 Å². The maximum absolute atomic E-state index is 7.92. The molecule has 0 saturated carbocycles. The molecule has 0 bridgehead atoms. The van der Waals surface area contributed by atoms with Crippen LogP contribution >= 0.6 is 25.3 Å². The van der Waals surface area contributed by atoms with Crippen LogP contribution in [0.5, 0.6) is 0 Å². The van der Waals surface area contributed by atoms with E-state index in [1.165, 1.54) is 0 Å². The van der Waals surface area contributed by atoms with Gasteiger partial charge >= 0.3 is 31.0 Å². The van der Waals surface area contributed by atoms with Crippen LogP contribution in [-0.2, 0) is 0 Å². The van der Waals surface area contributed by atoms with E-state index in [0.29, 0.717) is 0 Å². The third kappa shape index (κ3) is 503. The summed E-state index contributed by atoms with van der Waals surface area (Å²) in [6.07, 6.45) is 0. The van der Waals surface area contributed by atoms with Crippen LogP contribution in [0.25, 0.3) is 0 Å². The van der Waals surface area contributed by atoms with Gasteiger partial charge in [0.05, 0.1) is 10.9 Å². The van der Waals surface area contributed by atoms with Gasteiger partial charge in [-0.3, -0.25) is 0 Å². The molecule has 0 aromatic rings. The van der Waals surface area contributed by atoms with E-state index in [2.05, 4.69) is 35.1 Å². The molecular formula is C6H18O2S2Sn. The first-order chi connectivity index (χ1) is 4.88. The van der Waals surface area contributed by atoms with Gasteiger partial charge in [0.1, 0.15) is 0 Å². The number of aliphatic hydroxyl groups is 2. The van der Waals surface area contributed by atoms with Gasteiger partial charge in [0, 0.05) is 0 Å². The molecule has 0 spiro atoms. The van der Waals surface area contributed by atoms with Crippen LogP contribution in [0.2, 0.25) is 9.88 Å². The van der Waals surface area contributed by atoms with Crippen LogP contribution in [0.3, 0.4) is 0 Å². The number of hydrogen-bond donors (Lipinski definition) is 4. The minimum atomic E-state index is -0.472. The van der Waals surface area contributed by atoms with E-state index in [4.69, 9.17) is 10.2 Å². The van der Waals surface area contributed by atoms with Gasteiger partial charge in [0.2, 0.25) is 0 Å². The van der Waals surface area contributed by atoms with Gasteiger partial charge in [-0.15, -0.1) is 25.3 Å². The molecule has 0 aliphatic heterocycles. The van der Waals surface area contributed by atoms with Gasteiger partial charge in [-0.1, -0.05) is 0 Å². The summed E-state index contributed by atoms with van der Waals surface area (Å²) >= 11 is 7.27. The Balaban J connectivity index is -0.0000000886. The van der Waals surface area contributed by atoms with Crippen molar-refractivity contribution in [3.63, 3.8) is 0 Å². The summed E-state index contributed by atoms with van der Waals surface area (Å²) in [5.74, 6) is 0. The average molecular weight is 305 g/mol. The van der Waals surface area contributed by atoms with Crippen LogP contribution in [-0.4, -0.2) is 42.2 Å². The first-order valence-corrected chi connectivity index (χ1v) is 9.93. The van der Waals surface area contributed by atoms with Crippen molar-refractivity contribution in [1.29, 1.82) is 0 Å². The Kier molecular flexibility index (Phi) is 29.0. The molecule has 2 radical (unpaired) electrons. The fourth-order valence-corrected chi connectivity index (χ4v) is 0. The zero-order chi connectivity index (χ0) is 9.86. The third-order valence-electron chi connectivity index (χ3n) is 0. The van der Waals surface area contributed by atoms with Gasteiger partial charge in [0.15, 0.2) is 0 Å². The van der Waals surface area contributed by atoms with E-state index >= 15 is 0 Å². The molecule has 0 amide bonds. The summed E-state index contributed by atoms with van der Waals surface area (Å²) in [5, 5.41) is 15.8. The Morgan fingerprint density at radius 2 is 1.00 bits per heavy atom. The van der Waals surface area contributed by atoms with Crippen molar-refractivity contribution in [1.82, 2.24) is 0 Å². The molecule has 2 unspecified atom stereocenters. The molecule has 5 heteroatoms. The normalized spacial score (nSPS) is 13.1. The van der Waals surface area contributed by atoms with Crippen LogP contribution in [0.4, 0.5) is 0 Å². The Morgan fingerprint density at radius 3 is 1.00 bits per heavy atom. The molecule has 0 saturated heterocycles. The van der Waals surface area contributed by atoms with Crippen LogP contribution < -0.4 is 0 Å². The number of hydrogen-bond acceptors (Lipinski definition) is 4. The van der Waals surface area contributed by atoms with E-state index in [9.17, 15) is 0 Å². The zero-order valence-corrected chi connectivity index (χ0v) is 12.1. The molecule has 0 aromatic heterocycles. The van der Waals surface area contributed by atoms with E-state index in [1.807, 2.05) is 0 Å². The Labute approximate surface area is 90.8 Å². The standard InChI is InChI=1S/2C2H6OS.2CH3.Sn/c2*1-2(3)4;;;/h2*2-4H,1H3;2*1H3;. The molecular weight excluding hydrogens is 287 g/mol. The third-order valence-corrected chi connectivity index (χ3v) is 0. The fourth-order valence-electron chi connectivity index (χ4n) is 0. The topological polar surface area (TPSA) is 40.5 Å². The van der Waals surface area contributed by atoms with Crippen molar-refractivity contribution < 1.29 is 10.2 Å². The SMILES string of the molecule is CC(O)S.CC(O)S.[CH3][Sn][CH3]. The molecule has 2 nitrogen and oxygen atoms in total. The van der Waals surface area contributed by atoms with Crippen LogP contribution in [0, 0.1) is 0 Å². The monoisotopic (exact) mass is 306 g/mol. The van der Waals surface area contributed by atoms with Crippen molar-refractivity contribution in [2.75, 3.05) is 0 Å². The first kappa shape index (κ1) is 18.3. The zero-order valence-electron chi connectivity index (χ0n) is 7.44. The maximum atomic E-state index is 7.92. The Bertz CT molecular complexity index is 42.3. The number of rotatable bonds is 0. The molecule has 0 fully saturated rings. The second-order valence-electron chi connectivity index (χ2n) is 1.76. The summed E-state index contributed by atoms with van der Waals surface area (Å²) in [4.78, 5) is 4.59. The molecule has 2 atom stereocenters. The van der Waals surface area contributed by atoms with Crippen molar-refractivity contribution in [3.8, 4) is 0 Å². The van der Waals surface area contributed by atoms with E-state index in [-0.39, 0.29) is 21.1 Å². The van der Waals surface area contributed by atoms with Crippen LogP contribution in [0.1, 0.15) is 13.8 Å². The molecule has 11 heavy (non-hydrogen) atoms. The average Bonchev–Trinajstić information content (AvgIpc) is 1.60. The van der Waals surface area contributed by atoms with Gasteiger partial charge in [-0.05, 0) is 13.8 Å². The van der Waals surface area contributed by atoms with Crippen molar-refractivity contribution in [2.45, 2.75) is 34.6 Å². The molecule has 2 N–H and O–H groups in total. The van der Waals surface area contributed by atoms with Gasteiger partial charge in [0.25, 0.3) is 0 Å². The Morgan fingerprint density at radius 1 is 1.00 bits per heavy atom. The molecule has 0 rings (SSSR count). The van der Waals surface area contributed by atoms with Gasteiger partial charge in [-0.2, -0.15) is 0 Å². The molecule has 0 aliphatic rings. The number of thiol groups is 2. The fraction of sp³-hybridized carbons (Fsp3) is 1.00. The molecule has 70 valence electrons. The summed E-state index contributed by atoms with van der Waals surface area (Å²) in [7, 11) is 0. The predicted molar refractivity (Wildman–Crippen MR) is 58.8 cm³/mol. The molecule has 0 aliphatic carbocycles. The van der Waals surface area contributed by atoms with Crippen molar-refractivity contribution >= 4 is 46.4 Å². The van der Waals surface area contributed by atoms with Crippen molar-refractivity contribution in [2.24, 2.45) is 0 Å². The minimum absolute atomic E-state index is 0.230. The second kappa shape index (κ2) is 17.5. The summed E-state index contributed by atoms with van der Waals surface area (Å²) in [6.45, 7) is 3.17. The number of aliphatic hydroxyl groups excluding tert-OH is 2. The quantitative estimate of drug-likeness (QED) is 0.309. The second-order valence-corrected chi connectivity index (χ2v) is 6.11. The van der Waals surface area contributed by atoms with Crippen molar-refractivity contribution in [3.05, 3.63) is 0 Å². The Hall–Kier alpha value is 1.42. The molecule has 0 aromatic carbocycles. The summed E-state index contributed by atoms with van der Waals surface area (Å²) < 4.78 is 0. The molecule has 0 heterocycles. The van der Waals surface area contributed by atoms with E-state index in [0.717, 1.165) is 0 Å². The van der Waals surface area contributed by atoms with Gasteiger partial charge < -0.3 is 10.2 Å². The van der Waals surface area contributed by atoms with E-state index < -0.39 is 10.9 Å². The first-order valence-electron chi connectivity index (χ1n) is 3.19. The summed E-state index contributed by atoms with van der Waals surface area (Å²) in [5.41, 5.74) is -0.944. The summed E-state index contributed by atoms with van der Waals surface area (Å²) in [6, 6.07) is 0.